The average molecular weight is 550 g/mol. The van der Waals surface area contributed by atoms with Gasteiger partial charge in [0.2, 0.25) is 5.91 Å². The quantitative estimate of drug-likeness (QED) is 0.227. The molecule has 1 atom stereocenters. The van der Waals surface area contributed by atoms with Crippen molar-refractivity contribution in [2.45, 2.75) is 45.8 Å². The summed E-state index contributed by atoms with van der Waals surface area (Å²) in [6.07, 6.45) is 2.26. The Bertz CT molecular complexity index is 903. The van der Waals surface area contributed by atoms with Crippen molar-refractivity contribution < 1.29 is 9.53 Å². The van der Waals surface area contributed by atoms with E-state index in [0.29, 0.717) is 19.5 Å². The van der Waals surface area contributed by atoms with Gasteiger partial charge in [0.1, 0.15) is 11.9 Å². The van der Waals surface area contributed by atoms with Crippen LogP contribution in [0.5, 0.6) is 5.75 Å². The van der Waals surface area contributed by atoms with Crippen molar-refractivity contribution in [2.75, 3.05) is 26.7 Å². The molecular formula is C25H35IN4O2. The first-order valence-corrected chi connectivity index (χ1v) is 11.1. The van der Waals surface area contributed by atoms with Crippen LogP contribution in [0.1, 0.15) is 36.5 Å². The summed E-state index contributed by atoms with van der Waals surface area (Å²) in [7, 11) is 1.75. The largest absolute Gasteiger partial charge is 0.489 e. The summed E-state index contributed by atoms with van der Waals surface area (Å²) >= 11 is 0. The SMILES string of the molecule is CN=C(NCCCC(=O)N1CCc2ccccc2C1)NCC(C)Oc1ccccc1C.I. The van der Waals surface area contributed by atoms with E-state index in [9.17, 15) is 4.79 Å². The highest BCUT2D eigenvalue weighted by Crippen LogP contribution is 2.19. The van der Waals surface area contributed by atoms with Crippen molar-refractivity contribution in [2.24, 2.45) is 4.99 Å². The van der Waals surface area contributed by atoms with Crippen molar-refractivity contribution in [1.29, 1.82) is 0 Å². The van der Waals surface area contributed by atoms with Crippen LogP contribution in [0.15, 0.2) is 53.5 Å². The maximum atomic E-state index is 12.6. The molecule has 0 saturated heterocycles. The molecule has 1 heterocycles. The predicted octanol–water partition coefficient (Wildman–Crippen LogP) is 3.91. The molecule has 0 saturated carbocycles. The van der Waals surface area contributed by atoms with Crippen molar-refractivity contribution in [3.8, 4) is 5.75 Å². The van der Waals surface area contributed by atoms with Crippen LogP contribution in [0.3, 0.4) is 0 Å². The number of ether oxygens (including phenoxy) is 1. The van der Waals surface area contributed by atoms with Crippen molar-refractivity contribution in [3.63, 3.8) is 0 Å². The van der Waals surface area contributed by atoms with Crippen LogP contribution in [-0.2, 0) is 17.8 Å². The van der Waals surface area contributed by atoms with Crippen LogP contribution >= 0.6 is 24.0 Å². The van der Waals surface area contributed by atoms with E-state index in [2.05, 4.69) is 33.8 Å². The number of amides is 1. The molecule has 0 aromatic heterocycles. The molecular weight excluding hydrogens is 515 g/mol. The molecule has 0 aliphatic carbocycles. The number of halogens is 1. The summed E-state index contributed by atoms with van der Waals surface area (Å²) in [5.74, 6) is 1.85. The van der Waals surface area contributed by atoms with Gasteiger partial charge in [0.15, 0.2) is 5.96 Å². The van der Waals surface area contributed by atoms with E-state index in [1.807, 2.05) is 49.1 Å². The number of benzene rings is 2. The third kappa shape index (κ3) is 7.69. The van der Waals surface area contributed by atoms with Gasteiger partial charge in [-0.3, -0.25) is 9.79 Å². The third-order valence-corrected chi connectivity index (χ3v) is 5.55. The Kier molecular flexibility index (Phi) is 10.8. The molecule has 2 aromatic rings. The van der Waals surface area contributed by atoms with Crippen molar-refractivity contribution in [3.05, 3.63) is 65.2 Å². The van der Waals surface area contributed by atoms with E-state index in [1.165, 1.54) is 11.1 Å². The van der Waals surface area contributed by atoms with Gasteiger partial charge in [0, 0.05) is 33.1 Å². The molecule has 1 unspecified atom stereocenters. The number of carbonyl (C=O) groups excluding carboxylic acids is 1. The highest BCUT2D eigenvalue weighted by atomic mass is 127. The van der Waals surface area contributed by atoms with Gasteiger partial charge in [-0.2, -0.15) is 0 Å². The third-order valence-electron chi connectivity index (χ3n) is 5.55. The fourth-order valence-electron chi connectivity index (χ4n) is 3.72. The number of nitrogens with zero attached hydrogens (tertiary/aromatic N) is 2. The lowest BCUT2D eigenvalue weighted by atomic mass is 9.99. The minimum atomic E-state index is 0. The zero-order chi connectivity index (χ0) is 22.1. The standard InChI is InChI=1S/C25H34N4O2.HI/c1-19-9-4-7-12-23(19)31-20(2)17-28-25(26-3)27-15-8-13-24(30)29-16-14-21-10-5-6-11-22(21)18-29;/h4-7,9-12,20H,8,13-18H2,1-3H3,(H2,26,27,28);1H. The van der Waals surface area contributed by atoms with E-state index < -0.39 is 0 Å². The number of nitrogens with one attached hydrogen (secondary N) is 2. The number of hydrogen-bond donors (Lipinski definition) is 2. The number of hydrogen-bond acceptors (Lipinski definition) is 3. The first-order chi connectivity index (χ1) is 15.1. The lowest BCUT2D eigenvalue weighted by Gasteiger charge is -2.29. The minimum absolute atomic E-state index is 0. The topological polar surface area (TPSA) is 66.0 Å². The summed E-state index contributed by atoms with van der Waals surface area (Å²) in [5.41, 5.74) is 3.76. The predicted molar refractivity (Wildman–Crippen MR) is 141 cm³/mol. The van der Waals surface area contributed by atoms with Crippen LogP contribution in [0, 0.1) is 6.92 Å². The average Bonchev–Trinajstić information content (AvgIpc) is 2.79. The van der Waals surface area contributed by atoms with E-state index in [4.69, 9.17) is 4.74 Å². The number of aliphatic imine (C=N–C) groups is 1. The second-order valence-electron chi connectivity index (χ2n) is 8.01. The smallest absolute Gasteiger partial charge is 0.222 e. The summed E-state index contributed by atoms with van der Waals surface area (Å²) in [6.45, 7) is 6.95. The molecule has 1 aliphatic heterocycles. The Morgan fingerprint density at radius 2 is 1.84 bits per heavy atom. The zero-order valence-electron chi connectivity index (χ0n) is 19.3. The summed E-state index contributed by atoms with van der Waals surface area (Å²) in [5, 5.41) is 6.58. The Balaban J connectivity index is 0.00000363. The molecule has 0 spiro atoms. The number of para-hydroxylation sites is 1. The van der Waals surface area contributed by atoms with Gasteiger partial charge in [-0.05, 0) is 49.4 Å². The van der Waals surface area contributed by atoms with Gasteiger partial charge in [-0.1, -0.05) is 42.5 Å². The van der Waals surface area contributed by atoms with Crippen LogP contribution in [0.2, 0.25) is 0 Å². The molecule has 0 radical (unpaired) electrons. The van der Waals surface area contributed by atoms with Gasteiger partial charge < -0.3 is 20.3 Å². The summed E-state index contributed by atoms with van der Waals surface area (Å²) in [4.78, 5) is 18.8. The Morgan fingerprint density at radius 3 is 2.59 bits per heavy atom. The molecule has 1 aliphatic rings. The number of carbonyl (C=O) groups is 1. The molecule has 3 rings (SSSR count). The Labute approximate surface area is 208 Å². The summed E-state index contributed by atoms with van der Waals surface area (Å²) in [6, 6.07) is 16.4. The first kappa shape index (κ1) is 26.0. The van der Waals surface area contributed by atoms with Crippen molar-refractivity contribution in [1.82, 2.24) is 15.5 Å². The molecule has 7 heteroatoms. The maximum Gasteiger partial charge on any atom is 0.222 e. The van der Waals surface area contributed by atoms with E-state index in [0.717, 1.165) is 43.2 Å². The Hall–Kier alpha value is -2.29. The minimum Gasteiger partial charge on any atom is -0.489 e. The fourth-order valence-corrected chi connectivity index (χ4v) is 3.72. The highest BCUT2D eigenvalue weighted by molar-refractivity contribution is 14.0. The second kappa shape index (κ2) is 13.3. The van der Waals surface area contributed by atoms with E-state index in [-0.39, 0.29) is 36.0 Å². The van der Waals surface area contributed by atoms with Crippen LogP contribution in [-0.4, -0.2) is 49.6 Å². The number of guanidine groups is 1. The molecule has 174 valence electrons. The number of aryl methyl sites for hydroxylation is 1. The lowest BCUT2D eigenvalue weighted by molar-refractivity contribution is -0.132. The zero-order valence-corrected chi connectivity index (χ0v) is 21.6. The van der Waals surface area contributed by atoms with Gasteiger partial charge in [0.25, 0.3) is 0 Å². The van der Waals surface area contributed by atoms with Gasteiger partial charge >= 0.3 is 0 Å². The molecule has 1 amide bonds. The molecule has 2 N–H and O–H groups in total. The number of fused-ring (bicyclic) bond motifs is 1. The van der Waals surface area contributed by atoms with Crippen LogP contribution < -0.4 is 15.4 Å². The van der Waals surface area contributed by atoms with Crippen LogP contribution in [0.4, 0.5) is 0 Å². The van der Waals surface area contributed by atoms with Crippen molar-refractivity contribution >= 4 is 35.8 Å². The van der Waals surface area contributed by atoms with E-state index in [1.54, 1.807) is 7.05 Å². The fraction of sp³-hybridized carbons (Fsp3) is 0.440. The number of rotatable bonds is 8. The lowest BCUT2D eigenvalue weighted by Crippen LogP contribution is -2.42. The molecule has 0 fully saturated rings. The second-order valence-corrected chi connectivity index (χ2v) is 8.01. The van der Waals surface area contributed by atoms with E-state index >= 15 is 0 Å². The summed E-state index contributed by atoms with van der Waals surface area (Å²) < 4.78 is 5.99. The monoisotopic (exact) mass is 550 g/mol. The van der Waals surface area contributed by atoms with Gasteiger partial charge in [0.05, 0.1) is 6.54 Å². The molecule has 6 nitrogen and oxygen atoms in total. The first-order valence-electron chi connectivity index (χ1n) is 11.1. The Morgan fingerprint density at radius 1 is 1.12 bits per heavy atom. The van der Waals surface area contributed by atoms with Gasteiger partial charge in [-0.25, -0.2) is 0 Å². The van der Waals surface area contributed by atoms with Crippen LogP contribution in [0.25, 0.3) is 0 Å². The molecule has 2 aromatic carbocycles. The highest BCUT2D eigenvalue weighted by Gasteiger charge is 2.19. The normalized spacial score (nSPS) is 14.1. The van der Waals surface area contributed by atoms with Gasteiger partial charge in [-0.15, -0.1) is 24.0 Å². The maximum absolute atomic E-state index is 12.6. The molecule has 32 heavy (non-hydrogen) atoms. The molecule has 0 bridgehead atoms.